The SMILES string of the molecule is C=C(CCCOC(=O)C(=C)C)CCc1ccc(O)c(N)c1.C=C(NC(C)(C)C)c1ccc2[nH][nH]c2c1. The van der Waals surface area contributed by atoms with Gasteiger partial charge in [-0.3, -0.25) is 10.2 Å². The molecule has 0 unspecified atom stereocenters. The normalized spacial score (nSPS) is 10.9. The van der Waals surface area contributed by atoms with Crippen LogP contribution in [0.5, 0.6) is 5.75 Å². The van der Waals surface area contributed by atoms with Crippen LogP contribution in [0.4, 0.5) is 5.69 Å². The Morgan fingerprint density at radius 1 is 1.06 bits per heavy atom. The number of ether oxygens (including phenoxy) is 1. The first-order valence-electron chi connectivity index (χ1n) is 12.1. The van der Waals surface area contributed by atoms with Crippen LogP contribution in [0, 0.1) is 0 Å². The summed E-state index contributed by atoms with van der Waals surface area (Å²) in [5, 5.41) is 18.8. The van der Waals surface area contributed by atoms with Crippen molar-refractivity contribution in [3.8, 4) is 5.75 Å². The van der Waals surface area contributed by atoms with Crippen LogP contribution >= 0.6 is 0 Å². The molecule has 194 valence electrons. The number of nitrogen functional groups attached to an aromatic ring is 1. The number of phenolic OH excluding ortho intramolecular Hbond substituents is 1. The van der Waals surface area contributed by atoms with Crippen LogP contribution in [-0.2, 0) is 16.0 Å². The van der Waals surface area contributed by atoms with Crippen molar-refractivity contribution in [2.24, 2.45) is 0 Å². The van der Waals surface area contributed by atoms with Gasteiger partial charge in [0.05, 0.1) is 23.3 Å². The molecule has 0 bridgehead atoms. The maximum absolute atomic E-state index is 11.2. The number of H-pyrrole nitrogens is 2. The molecule has 3 aromatic rings. The first kappa shape index (κ1) is 28.4. The molecule has 7 nitrogen and oxygen atoms in total. The van der Waals surface area contributed by atoms with Crippen LogP contribution in [0.3, 0.4) is 0 Å². The number of phenols is 1. The summed E-state index contributed by atoms with van der Waals surface area (Å²) in [6.45, 7) is 20.0. The zero-order chi connectivity index (χ0) is 26.9. The minimum atomic E-state index is -0.347. The van der Waals surface area contributed by atoms with E-state index in [-0.39, 0.29) is 17.3 Å². The van der Waals surface area contributed by atoms with Crippen LogP contribution in [0.25, 0.3) is 16.7 Å². The number of rotatable bonds is 10. The maximum atomic E-state index is 11.2. The summed E-state index contributed by atoms with van der Waals surface area (Å²) >= 11 is 0. The molecule has 0 amide bonds. The summed E-state index contributed by atoms with van der Waals surface area (Å²) in [6.07, 6.45) is 3.25. The number of aromatic nitrogens is 2. The number of aryl methyl sites for hydroxylation is 1. The molecule has 1 aromatic heterocycles. The highest BCUT2D eigenvalue weighted by atomic mass is 16.5. The lowest BCUT2D eigenvalue weighted by atomic mass is 10.0. The largest absolute Gasteiger partial charge is 0.506 e. The minimum Gasteiger partial charge on any atom is -0.506 e. The van der Waals surface area contributed by atoms with Gasteiger partial charge in [-0.1, -0.05) is 37.4 Å². The number of carbonyl (C=O) groups excluding carboxylic acids is 1. The van der Waals surface area contributed by atoms with Gasteiger partial charge in [0.2, 0.25) is 0 Å². The highest BCUT2D eigenvalue weighted by molar-refractivity contribution is 5.86. The lowest BCUT2D eigenvalue weighted by molar-refractivity contribution is -0.139. The zero-order valence-corrected chi connectivity index (χ0v) is 22.0. The van der Waals surface area contributed by atoms with E-state index in [0.29, 0.717) is 17.9 Å². The number of carbonyl (C=O) groups is 1. The fourth-order valence-corrected chi connectivity index (χ4v) is 3.36. The molecule has 0 radical (unpaired) electrons. The van der Waals surface area contributed by atoms with Gasteiger partial charge in [0.1, 0.15) is 5.75 Å². The van der Waals surface area contributed by atoms with Gasteiger partial charge in [-0.2, -0.15) is 0 Å². The Morgan fingerprint density at radius 3 is 2.31 bits per heavy atom. The average Bonchev–Trinajstić information content (AvgIpc) is 2.77. The maximum Gasteiger partial charge on any atom is 0.333 e. The Labute approximate surface area is 214 Å². The van der Waals surface area contributed by atoms with Gasteiger partial charge in [-0.25, -0.2) is 4.79 Å². The van der Waals surface area contributed by atoms with Crippen molar-refractivity contribution >= 4 is 28.4 Å². The van der Waals surface area contributed by atoms with E-state index in [0.717, 1.165) is 59.1 Å². The number of aromatic hydroxyl groups is 1. The third-order valence-corrected chi connectivity index (χ3v) is 5.34. The van der Waals surface area contributed by atoms with Gasteiger partial charge in [0, 0.05) is 16.8 Å². The van der Waals surface area contributed by atoms with E-state index < -0.39 is 0 Å². The van der Waals surface area contributed by atoms with E-state index in [1.54, 1.807) is 19.1 Å². The summed E-state index contributed by atoms with van der Waals surface area (Å²) in [7, 11) is 0. The second-order valence-electron chi connectivity index (χ2n) is 10.0. The molecular weight excluding hydrogens is 452 g/mol. The van der Waals surface area contributed by atoms with Crippen molar-refractivity contribution in [3.63, 3.8) is 0 Å². The van der Waals surface area contributed by atoms with Crippen LogP contribution in [-0.4, -0.2) is 33.4 Å². The number of allylic oxidation sites excluding steroid dienone is 1. The highest BCUT2D eigenvalue weighted by Gasteiger charge is 2.11. The zero-order valence-electron chi connectivity index (χ0n) is 22.0. The van der Waals surface area contributed by atoms with Crippen molar-refractivity contribution in [2.45, 2.75) is 58.9 Å². The van der Waals surface area contributed by atoms with E-state index in [1.165, 1.54) is 0 Å². The lowest BCUT2D eigenvalue weighted by Crippen LogP contribution is -2.33. The van der Waals surface area contributed by atoms with Gasteiger partial charge >= 0.3 is 5.97 Å². The number of nitrogens with two attached hydrogens (primary N) is 1. The summed E-state index contributed by atoms with van der Waals surface area (Å²) in [5.41, 5.74) is 13.0. The second kappa shape index (κ2) is 12.7. The molecule has 0 spiro atoms. The molecule has 0 atom stereocenters. The summed E-state index contributed by atoms with van der Waals surface area (Å²) in [5.74, 6) is -0.239. The molecule has 0 aliphatic heterocycles. The number of anilines is 1. The number of fused-ring (bicyclic) bond motifs is 1. The predicted molar refractivity (Wildman–Crippen MR) is 150 cm³/mol. The topological polar surface area (TPSA) is 116 Å². The number of hydrogen-bond acceptors (Lipinski definition) is 5. The Hall–Kier alpha value is -3.87. The van der Waals surface area contributed by atoms with E-state index in [2.05, 4.69) is 74.2 Å². The number of esters is 1. The number of benzene rings is 2. The molecule has 0 aliphatic rings. The molecule has 2 aromatic carbocycles. The van der Waals surface area contributed by atoms with E-state index >= 15 is 0 Å². The standard InChI is InChI=1S/C17H23NO3.C12H17N3/c1-12(2)17(20)21-10-4-5-13(3)6-7-14-8-9-16(19)15(18)11-14;1-8(13-12(2,3)4)9-5-6-10-11(7-9)15-14-10/h8-9,11,19H,1,3-7,10,18H2,2H3;5-7,13-15H,1H2,2-4H3. The van der Waals surface area contributed by atoms with Crippen molar-refractivity contribution in [3.05, 3.63) is 78.4 Å². The van der Waals surface area contributed by atoms with Crippen LogP contribution in [0.2, 0.25) is 0 Å². The average molecular weight is 493 g/mol. The molecule has 7 heteroatoms. The van der Waals surface area contributed by atoms with Gasteiger partial charge in [0.25, 0.3) is 0 Å². The van der Waals surface area contributed by atoms with Crippen molar-refractivity contribution in [2.75, 3.05) is 12.3 Å². The third-order valence-electron chi connectivity index (χ3n) is 5.34. The van der Waals surface area contributed by atoms with Gasteiger partial charge in [-0.15, -0.1) is 0 Å². The predicted octanol–water partition coefficient (Wildman–Crippen LogP) is 6.22. The number of nitrogens with one attached hydrogen (secondary N) is 3. The highest BCUT2D eigenvalue weighted by Crippen LogP contribution is 2.22. The van der Waals surface area contributed by atoms with Gasteiger partial charge < -0.3 is 20.9 Å². The summed E-state index contributed by atoms with van der Waals surface area (Å²) < 4.78 is 5.02. The molecular formula is C29H40N4O3. The second-order valence-corrected chi connectivity index (χ2v) is 10.0. The van der Waals surface area contributed by atoms with E-state index in [9.17, 15) is 9.90 Å². The van der Waals surface area contributed by atoms with Gasteiger partial charge in [-0.05, 0) is 88.8 Å². The molecule has 0 aliphatic carbocycles. The molecule has 6 N–H and O–H groups in total. The van der Waals surface area contributed by atoms with Crippen molar-refractivity contribution in [1.82, 2.24) is 15.5 Å². The summed E-state index contributed by atoms with van der Waals surface area (Å²) in [4.78, 5) is 11.2. The first-order valence-corrected chi connectivity index (χ1v) is 12.1. The fourth-order valence-electron chi connectivity index (χ4n) is 3.36. The lowest BCUT2D eigenvalue weighted by Gasteiger charge is -2.24. The smallest absolute Gasteiger partial charge is 0.333 e. The van der Waals surface area contributed by atoms with Crippen LogP contribution < -0.4 is 11.1 Å². The van der Waals surface area contributed by atoms with E-state index in [1.807, 2.05) is 6.07 Å². The minimum absolute atomic E-state index is 0.0473. The van der Waals surface area contributed by atoms with E-state index in [4.69, 9.17) is 10.5 Å². The molecule has 0 saturated heterocycles. The molecule has 0 fully saturated rings. The third kappa shape index (κ3) is 9.41. The van der Waals surface area contributed by atoms with Crippen molar-refractivity contribution in [1.29, 1.82) is 0 Å². The Morgan fingerprint density at radius 2 is 1.75 bits per heavy atom. The van der Waals surface area contributed by atoms with Crippen LogP contribution in [0.15, 0.2) is 67.3 Å². The molecule has 36 heavy (non-hydrogen) atoms. The van der Waals surface area contributed by atoms with Crippen molar-refractivity contribution < 1.29 is 14.6 Å². The first-order chi connectivity index (χ1) is 16.9. The fraction of sp³-hybridized carbons (Fsp3) is 0.345. The monoisotopic (exact) mass is 492 g/mol. The quantitative estimate of drug-likeness (QED) is 0.0575. The molecule has 0 saturated carbocycles. The molecule has 1 heterocycles. The van der Waals surface area contributed by atoms with Crippen LogP contribution in [0.1, 0.15) is 58.1 Å². The number of aromatic amines is 2. The Kier molecular flexibility index (Phi) is 10.0. The number of hydrogen-bond donors (Lipinski definition) is 5. The molecule has 3 rings (SSSR count). The Bertz CT molecular complexity index is 1210. The summed E-state index contributed by atoms with van der Waals surface area (Å²) in [6, 6.07) is 11.4. The van der Waals surface area contributed by atoms with Gasteiger partial charge in [0.15, 0.2) is 0 Å². The Balaban J connectivity index is 0.000000267.